The van der Waals surface area contributed by atoms with Gasteiger partial charge in [-0.2, -0.15) is 0 Å². The van der Waals surface area contributed by atoms with Crippen LogP contribution in [0.4, 0.5) is 0 Å². The van der Waals surface area contributed by atoms with Crippen molar-refractivity contribution in [1.82, 2.24) is 10.2 Å². The van der Waals surface area contributed by atoms with Crippen molar-refractivity contribution in [2.24, 2.45) is 0 Å². The molecule has 1 aliphatic heterocycles. The Morgan fingerprint density at radius 2 is 2.04 bits per heavy atom. The number of halogens is 1. The van der Waals surface area contributed by atoms with E-state index < -0.39 is 6.04 Å². The Kier molecular flexibility index (Phi) is 5.72. The molecule has 1 aromatic rings. The summed E-state index contributed by atoms with van der Waals surface area (Å²) in [6.07, 6.45) is 0. The molecule has 0 fully saturated rings. The van der Waals surface area contributed by atoms with Crippen molar-refractivity contribution in [3.05, 3.63) is 34.0 Å². The van der Waals surface area contributed by atoms with Crippen LogP contribution >= 0.6 is 23.8 Å². The molecule has 1 aromatic carbocycles. The molecule has 0 saturated heterocycles. The van der Waals surface area contributed by atoms with Crippen LogP contribution in [0.3, 0.4) is 0 Å². The lowest BCUT2D eigenvalue weighted by Crippen LogP contribution is -2.47. The Labute approximate surface area is 152 Å². The van der Waals surface area contributed by atoms with Gasteiger partial charge in [0.05, 0.1) is 25.3 Å². The van der Waals surface area contributed by atoms with Crippen LogP contribution in [0, 0.1) is 0 Å². The Morgan fingerprint density at radius 3 is 2.54 bits per heavy atom. The third-order valence-corrected chi connectivity index (χ3v) is 4.85. The van der Waals surface area contributed by atoms with E-state index in [1.165, 1.54) is 7.11 Å². The largest absolute Gasteiger partial charge is 0.493 e. The number of hydrogen-bond donors (Lipinski definition) is 1. The maximum absolute atomic E-state index is 12.3. The molecule has 0 amide bonds. The van der Waals surface area contributed by atoms with E-state index in [0.717, 1.165) is 11.3 Å². The monoisotopic (exact) mass is 368 g/mol. The van der Waals surface area contributed by atoms with Crippen molar-refractivity contribution in [2.45, 2.75) is 26.8 Å². The van der Waals surface area contributed by atoms with E-state index in [1.54, 1.807) is 20.1 Å². The van der Waals surface area contributed by atoms with Crippen molar-refractivity contribution in [3.8, 4) is 11.5 Å². The van der Waals surface area contributed by atoms with Gasteiger partial charge in [0.2, 0.25) is 0 Å². The number of carbonyl (C=O) groups is 1. The van der Waals surface area contributed by atoms with Gasteiger partial charge in [0.15, 0.2) is 22.4 Å². The molecule has 2 rings (SSSR count). The van der Waals surface area contributed by atoms with Crippen molar-refractivity contribution in [2.75, 3.05) is 20.8 Å². The molecule has 0 saturated carbocycles. The van der Waals surface area contributed by atoms with Gasteiger partial charge in [0, 0.05) is 23.4 Å². The number of nitrogens with zero attached hydrogens (tertiary/aromatic N) is 1. The second kappa shape index (κ2) is 7.40. The first-order valence-electron chi connectivity index (χ1n) is 7.57. The summed E-state index contributed by atoms with van der Waals surface area (Å²) in [6.45, 7) is 6.11. The summed E-state index contributed by atoms with van der Waals surface area (Å²) >= 11 is 12.0. The Balaban J connectivity index is 2.65. The second-order valence-corrected chi connectivity index (χ2v) is 6.15. The first-order valence-corrected chi connectivity index (χ1v) is 8.36. The van der Waals surface area contributed by atoms with Crippen LogP contribution in [0.25, 0.3) is 0 Å². The maximum Gasteiger partial charge on any atom is 0.179 e. The summed E-state index contributed by atoms with van der Waals surface area (Å²) in [5.41, 5.74) is 2.20. The number of ether oxygens (including phenoxy) is 2. The number of hydrogen-bond acceptors (Lipinski definition) is 4. The first-order chi connectivity index (χ1) is 11.4. The molecule has 24 heavy (non-hydrogen) atoms. The van der Waals surface area contributed by atoms with Crippen molar-refractivity contribution in [1.29, 1.82) is 0 Å². The predicted molar refractivity (Wildman–Crippen MR) is 98.8 cm³/mol. The topological polar surface area (TPSA) is 50.8 Å². The molecule has 0 aliphatic carbocycles. The lowest BCUT2D eigenvalue weighted by Gasteiger charge is -2.37. The summed E-state index contributed by atoms with van der Waals surface area (Å²) in [4.78, 5) is 14.2. The number of nitrogens with one attached hydrogen (secondary N) is 1. The first kappa shape index (κ1) is 18.5. The third kappa shape index (κ3) is 3.08. The number of rotatable bonds is 5. The molecule has 1 N–H and O–H groups in total. The summed E-state index contributed by atoms with van der Waals surface area (Å²) in [7, 11) is 3.07. The van der Waals surface area contributed by atoms with Crippen LogP contribution in [0.1, 0.15) is 32.4 Å². The lowest BCUT2D eigenvalue weighted by molar-refractivity contribution is -0.114. The fourth-order valence-electron chi connectivity index (χ4n) is 2.98. The minimum Gasteiger partial charge on any atom is -0.493 e. The molecule has 130 valence electrons. The number of allylic oxidation sites excluding steroid dienone is 1. The van der Waals surface area contributed by atoms with Gasteiger partial charge in [-0.3, -0.25) is 4.79 Å². The molecule has 1 unspecified atom stereocenters. The fraction of sp³-hybridized carbons (Fsp3) is 0.412. The van der Waals surface area contributed by atoms with E-state index in [2.05, 4.69) is 5.32 Å². The predicted octanol–water partition coefficient (Wildman–Crippen LogP) is 3.47. The van der Waals surface area contributed by atoms with Gasteiger partial charge < -0.3 is 19.7 Å². The second-order valence-electron chi connectivity index (χ2n) is 5.39. The van der Waals surface area contributed by atoms with Crippen LogP contribution in [0.5, 0.6) is 11.5 Å². The zero-order chi connectivity index (χ0) is 18.0. The number of carbonyl (C=O) groups excluding carboxylic acids is 1. The Hall–Kier alpha value is -1.79. The molecule has 0 bridgehead atoms. The average molecular weight is 369 g/mol. The molecule has 1 heterocycles. The maximum atomic E-state index is 12.3. The number of ketones is 1. The van der Waals surface area contributed by atoms with Crippen LogP contribution in [0.2, 0.25) is 5.02 Å². The number of benzene rings is 1. The van der Waals surface area contributed by atoms with Gasteiger partial charge in [-0.25, -0.2) is 0 Å². The summed E-state index contributed by atoms with van der Waals surface area (Å²) in [6, 6.07) is 3.16. The van der Waals surface area contributed by atoms with Crippen molar-refractivity contribution >= 4 is 34.7 Å². The SMILES string of the molecule is CCN1C(=S)NC(c2ccc(OC)c(OC)c2Cl)C(C(C)=O)=C1C. The lowest BCUT2D eigenvalue weighted by atomic mass is 9.92. The Bertz CT molecular complexity index is 718. The van der Waals surface area contributed by atoms with Gasteiger partial charge in [-0.05, 0) is 39.1 Å². The zero-order valence-corrected chi connectivity index (χ0v) is 16.0. The highest BCUT2D eigenvalue weighted by molar-refractivity contribution is 7.80. The molecular formula is C17H21ClN2O3S. The van der Waals surface area contributed by atoms with E-state index in [0.29, 0.717) is 33.8 Å². The van der Waals surface area contributed by atoms with Gasteiger partial charge in [-0.1, -0.05) is 17.7 Å². The van der Waals surface area contributed by atoms with Crippen LogP contribution in [-0.2, 0) is 4.79 Å². The summed E-state index contributed by atoms with van der Waals surface area (Å²) in [5, 5.41) is 4.19. The standard InChI is InChI=1S/C17H21ClN2O3S/c1-6-20-9(2)13(10(3)21)15(19-17(20)24)11-7-8-12(22-4)16(23-5)14(11)18/h7-8,15H,6H2,1-5H3,(H,19,24). The van der Waals surface area contributed by atoms with Crippen molar-refractivity contribution < 1.29 is 14.3 Å². The highest BCUT2D eigenvalue weighted by Crippen LogP contribution is 2.42. The van der Waals surface area contributed by atoms with E-state index in [-0.39, 0.29) is 5.78 Å². The molecule has 1 atom stereocenters. The van der Waals surface area contributed by atoms with Crippen LogP contribution < -0.4 is 14.8 Å². The molecule has 7 heteroatoms. The van der Waals surface area contributed by atoms with E-state index in [4.69, 9.17) is 33.3 Å². The fourth-order valence-corrected chi connectivity index (χ4v) is 3.71. The number of thiocarbonyl (C=S) groups is 1. The molecule has 1 aliphatic rings. The Morgan fingerprint density at radius 1 is 1.38 bits per heavy atom. The van der Waals surface area contributed by atoms with Gasteiger partial charge in [0.25, 0.3) is 0 Å². The summed E-state index contributed by atoms with van der Waals surface area (Å²) < 4.78 is 10.6. The zero-order valence-electron chi connectivity index (χ0n) is 14.4. The van der Waals surface area contributed by atoms with Gasteiger partial charge in [-0.15, -0.1) is 0 Å². The van der Waals surface area contributed by atoms with Crippen LogP contribution in [-0.4, -0.2) is 36.6 Å². The summed E-state index contributed by atoms with van der Waals surface area (Å²) in [5.74, 6) is 0.935. The third-order valence-electron chi connectivity index (χ3n) is 4.12. The minimum atomic E-state index is -0.426. The average Bonchev–Trinajstić information content (AvgIpc) is 2.53. The molecule has 0 aromatic heterocycles. The molecular weight excluding hydrogens is 348 g/mol. The molecule has 5 nitrogen and oxygen atoms in total. The highest BCUT2D eigenvalue weighted by Gasteiger charge is 2.33. The number of methoxy groups -OCH3 is 2. The van der Waals surface area contributed by atoms with Crippen LogP contribution in [0.15, 0.2) is 23.4 Å². The van der Waals surface area contributed by atoms with E-state index in [9.17, 15) is 4.79 Å². The van der Waals surface area contributed by atoms with Crippen molar-refractivity contribution in [3.63, 3.8) is 0 Å². The normalized spacial score (nSPS) is 17.7. The molecule has 0 spiro atoms. The highest BCUT2D eigenvalue weighted by atomic mass is 35.5. The quantitative estimate of drug-likeness (QED) is 0.803. The van der Waals surface area contributed by atoms with E-state index in [1.807, 2.05) is 24.8 Å². The minimum absolute atomic E-state index is 0.0307. The van der Waals surface area contributed by atoms with Gasteiger partial charge in [0.1, 0.15) is 0 Å². The smallest absolute Gasteiger partial charge is 0.179 e. The van der Waals surface area contributed by atoms with Gasteiger partial charge >= 0.3 is 0 Å². The number of Topliss-reactive ketones (excluding diaryl/α,β-unsaturated/α-hetero) is 1. The molecule has 0 radical (unpaired) electrons. The van der Waals surface area contributed by atoms with E-state index >= 15 is 0 Å².